The molecule has 6 N–H and O–H groups in total. The third-order valence-corrected chi connectivity index (χ3v) is 7.16. The van der Waals surface area contributed by atoms with Crippen molar-refractivity contribution in [1.82, 2.24) is 14.9 Å². The lowest BCUT2D eigenvalue weighted by atomic mass is 10.1. The Morgan fingerprint density at radius 2 is 1.30 bits per heavy atom. The van der Waals surface area contributed by atoms with Crippen molar-refractivity contribution in [3.63, 3.8) is 0 Å². The number of nitrogen functional groups attached to an aromatic ring is 1. The molecule has 0 fully saturated rings. The molecule has 0 atom stereocenters. The van der Waals surface area contributed by atoms with E-state index >= 15 is 0 Å². The number of amides is 1. The van der Waals surface area contributed by atoms with Gasteiger partial charge in [0.05, 0.1) is 28.2 Å². The van der Waals surface area contributed by atoms with Crippen molar-refractivity contribution in [1.29, 1.82) is 0 Å². The summed E-state index contributed by atoms with van der Waals surface area (Å²) in [6.07, 6.45) is 4.35. The van der Waals surface area contributed by atoms with Crippen LogP contribution in [0.2, 0.25) is 0 Å². The predicted molar refractivity (Wildman–Crippen MR) is 209 cm³/mol. The van der Waals surface area contributed by atoms with Crippen molar-refractivity contribution in [2.24, 2.45) is 11.8 Å². The van der Waals surface area contributed by atoms with Gasteiger partial charge in [-0.1, -0.05) is 71.7 Å². The first kappa shape index (κ1) is 52.0. The van der Waals surface area contributed by atoms with Crippen molar-refractivity contribution in [2.75, 3.05) is 12.8 Å². The van der Waals surface area contributed by atoms with E-state index in [0.29, 0.717) is 23.0 Å². The van der Waals surface area contributed by atoms with Gasteiger partial charge in [0.15, 0.2) is 9.84 Å². The van der Waals surface area contributed by atoms with Gasteiger partial charge in [0.2, 0.25) is 0 Å². The quantitative estimate of drug-likeness (QED) is 0.153. The summed E-state index contributed by atoms with van der Waals surface area (Å²) in [4.78, 5) is 38.8. The molecule has 1 amide bonds. The minimum absolute atomic E-state index is 0.314. The van der Waals surface area contributed by atoms with Crippen LogP contribution in [-0.2, 0) is 21.1 Å². The number of nitrogens with two attached hydrogens (primary N) is 1. The molecule has 3 rings (SSSR count). The molecule has 2 aromatic carbocycles. The minimum atomic E-state index is -3.24. The van der Waals surface area contributed by atoms with Gasteiger partial charge in [-0.25, -0.2) is 27.8 Å². The zero-order valence-electron chi connectivity index (χ0n) is 32.9. The van der Waals surface area contributed by atoms with E-state index in [-0.39, 0.29) is 6.09 Å². The Bertz CT molecular complexity index is 1610. The molecule has 296 valence electrons. The predicted octanol–water partition coefficient (Wildman–Crippen LogP) is 8.71. The number of carboxylic acid groups (broad SMARTS) is 4. The van der Waals surface area contributed by atoms with Crippen molar-refractivity contribution in [3.05, 3.63) is 72.1 Å². The maximum Gasteiger partial charge on any atom is 0.503 e. The molecule has 14 nitrogen and oxygen atoms in total. The number of ether oxygens (including phenoxy) is 1. The molecular weight excluding hydrogens is 705 g/mol. The molecule has 0 saturated carbocycles. The maximum absolute atomic E-state index is 12.0. The Labute approximate surface area is 315 Å². The molecule has 0 aliphatic carbocycles. The van der Waals surface area contributed by atoms with Gasteiger partial charge < -0.3 is 35.8 Å². The fraction of sp³-hybridized carbons (Fsp3) is 0.447. The maximum atomic E-state index is 12.0. The first-order valence-corrected chi connectivity index (χ1v) is 18.0. The number of rotatable bonds is 5. The first-order chi connectivity index (χ1) is 24.2. The highest BCUT2D eigenvalue weighted by molar-refractivity contribution is 7.92. The van der Waals surface area contributed by atoms with Crippen LogP contribution in [0.5, 0.6) is 0 Å². The fourth-order valence-corrected chi connectivity index (χ4v) is 4.07. The largest absolute Gasteiger partial charge is 0.503 e. The third-order valence-electron chi connectivity index (χ3n) is 4.99. The molecule has 3 aromatic rings. The second-order valence-corrected chi connectivity index (χ2v) is 16.2. The molecule has 0 saturated heterocycles. The number of terminal acetylenes is 1. The number of carbonyl (C=O) groups is 3. The summed E-state index contributed by atoms with van der Waals surface area (Å²) in [6, 6.07) is 14.2. The smallest absolute Gasteiger partial charge is 0.450 e. The van der Waals surface area contributed by atoms with Gasteiger partial charge in [-0.2, -0.15) is 0 Å². The van der Waals surface area contributed by atoms with E-state index < -0.39 is 33.0 Å². The summed E-state index contributed by atoms with van der Waals surface area (Å²) < 4.78 is 29.2. The van der Waals surface area contributed by atoms with Crippen molar-refractivity contribution in [2.45, 2.75) is 98.5 Å². The van der Waals surface area contributed by atoms with Crippen LogP contribution in [0.3, 0.4) is 0 Å². The molecule has 0 radical (unpaired) electrons. The molecular formula is C38H58N4O10S. The number of aromatic nitrogens is 2. The zero-order chi connectivity index (χ0) is 42.1. The Balaban J connectivity index is -0.000000674. The van der Waals surface area contributed by atoms with Gasteiger partial charge in [0, 0.05) is 24.7 Å². The lowest BCUT2D eigenvalue weighted by Crippen LogP contribution is -2.33. The van der Waals surface area contributed by atoms with Gasteiger partial charge in [0.25, 0.3) is 0 Å². The average molecular weight is 763 g/mol. The summed E-state index contributed by atoms with van der Waals surface area (Å²) in [5.74, 6) is 4.59. The number of sulfone groups is 1. The molecule has 15 heteroatoms. The van der Waals surface area contributed by atoms with E-state index in [1.165, 1.54) is 11.1 Å². The third kappa shape index (κ3) is 30.0. The summed E-state index contributed by atoms with van der Waals surface area (Å²) in [6.45, 7) is 22.3. The zero-order valence-corrected chi connectivity index (χ0v) is 33.7. The summed E-state index contributed by atoms with van der Waals surface area (Å²) >= 11 is 0. The molecule has 1 heterocycles. The SMILES string of the molecule is C#Cc1cccc(CN(C)C(=O)OC(C)(C)C)c1.CC(C)C.CC(C)C.CC(C)S(=O)(=O)c1ccc(-c2cnc(N)cn2)cc1.O=C(O)O.O=C(O)O. The van der Waals surface area contributed by atoms with E-state index in [4.69, 9.17) is 46.9 Å². The van der Waals surface area contributed by atoms with Gasteiger partial charge in [0.1, 0.15) is 11.4 Å². The molecule has 0 bridgehead atoms. The van der Waals surface area contributed by atoms with Crippen LogP contribution < -0.4 is 5.73 Å². The van der Waals surface area contributed by atoms with Crippen molar-refractivity contribution in [3.8, 4) is 23.6 Å². The minimum Gasteiger partial charge on any atom is -0.450 e. The number of hydrogen-bond acceptors (Lipinski definition) is 9. The molecule has 0 spiro atoms. The Morgan fingerprint density at radius 1 is 0.849 bits per heavy atom. The van der Waals surface area contributed by atoms with Crippen LogP contribution in [0.4, 0.5) is 20.2 Å². The Morgan fingerprint density at radius 3 is 1.66 bits per heavy atom. The van der Waals surface area contributed by atoms with Gasteiger partial charge in [-0.3, -0.25) is 4.98 Å². The number of anilines is 1. The highest BCUT2D eigenvalue weighted by atomic mass is 32.2. The van der Waals surface area contributed by atoms with Crippen LogP contribution in [0.25, 0.3) is 11.3 Å². The number of hydrogen-bond donors (Lipinski definition) is 5. The van der Waals surface area contributed by atoms with Crippen molar-refractivity contribution < 1.29 is 48.0 Å². The van der Waals surface area contributed by atoms with Gasteiger partial charge in [-0.15, -0.1) is 6.42 Å². The Hall–Kier alpha value is -5.36. The van der Waals surface area contributed by atoms with E-state index in [1.807, 2.05) is 45.0 Å². The van der Waals surface area contributed by atoms with E-state index in [9.17, 15) is 13.2 Å². The van der Waals surface area contributed by atoms with Crippen LogP contribution in [0.15, 0.2) is 65.8 Å². The van der Waals surface area contributed by atoms with Gasteiger partial charge in [-0.05, 0) is 76.3 Å². The molecule has 0 unspecified atom stereocenters. The monoisotopic (exact) mass is 762 g/mol. The van der Waals surface area contributed by atoms with Crippen LogP contribution >= 0.6 is 0 Å². The van der Waals surface area contributed by atoms with E-state index in [0.717, 1.165) is 28.5 Å². The van der Waals surface area contributed by atoms with Crippen LogP contribution in [-0.4, -0.2) is 80.0 Å². The molecule has 0 aliphatic heterocycles. The second-order valence-electron chi connectivity index (χ2n) is 13.7. The lowest BCUT2D eigenvalue weighted by molar-refractivity contribution is 0.0284. The molecule has 53 heavy (non-hydrogen) atoms. The highest BCUT2D eigenvalue weighted by Gasteiger charge is 2.20. The van der Waals surface area contributed by atoms with Crippen LogP contribution in [0, 0.1) is 24.2 Å². The number of nitrogens with zero attached hydrogens (tertiary/aromatic N) is 3. The second kappa shape index (κ2) is 26.4. The summed E-state index contributed by atoms with van der Waals surface area (Å²) in [5, 5.41) is 27.5. The summed E-state index contributed by atoms with van der Waals surface area (Å²) in [7, 11) is -1.53. The normalized spacial score (nSPS) is 10.1. The van der Waals surface area contributed by atoms with Crippen LogP contribution in [0.1, 0.15) is 87.3 Å². The average Bonchev–Trinajstić information content (AvgIpc) is 3.00. The standard InChI is InChI=1S/C15H19NO2.C13H15N3O2S.2C4H10.2CH2O3/c1-6-12-8-7-9-13(10-12)11-16(5)14(17)18-15(2,3)4;1-9(2)19(17,18)11-5-3-10(4-6-11)12-7-16-13(14)8-15-12;2*1-4(2)3;2*2-1(3)4/h1,7-10H,11H2,2-5H3;3-9H,1-2H3,(H2,14,16);2*4H,1-3H3;2*(H2,2,3,4). The first-order valence-electron chi connectivity index (χ1n) is 16.4. The van der Waals surface area contributed by atoms with Crippen molar-refractivity contribution >= 4 is 34.1 Å². The number of carbonyl (C=O) groups excluding carboxylic acids is 1. The Kier molecular flexibility index (Phi) is 25.9. The number of benzene rings is 2. The molecule has 1 aromatic heterocycles. The van der Waals surface area contributed by atoms with Gasteiger partial charge >= 0.3 is 18.4 Å². The summed E-state index contributed by atoms with van der Waals surface area (Å²) in [5.41, 5.74) is 8.24. The highest BCUT2D eigenvalue weighted by Crippen LogP contribution is 2.21. The molecule has 0 aliphatic rings. The van der Waals surface area contributed by atoms with E-state index in [2.05, 4.69) is 57.4 Å². The fourth-order valence-electron chi connectivity index (χ4n) is 3.01. The topological polar surface area (TPSA) is 231 Å². The van der Waals surface area contributed by atoms with E-state index in [1.54, 1.807) is 51.4 Å². The lowest BCUT2D eigenvalue weighted by Gasteiger charge is -2.24.